The molecule has 1 unspecified atom stereocenters. The van der Waals surface area contributed by atoms with Gasteiger partial charge in [0.05, 0.1) is 6.04 Å². The number of hydrogen-bond donors (Lipinski definition) is 2. The zero-order chi connectivity index (χ0) is 12.1. The Balaban J connectivity index is 2.04. The number of nitrogens with one attached hydrogen (secondary N) is 2. The number of thioether (sulfide) groups is 1. The van der Waals surface area contributed by atoms with E-state index >= 15 is 0 Å². The molecule has 1 aromatic carbocycles. The summed E-state index contributed by atoms with van der Waals surface area (Å²) in [5.41, 5.74) is 2.17. The maximum absolute atomic E-state index is 12.0. The Morgan fingerprint density at radius 3 is 3.06 bits per heavy atom. The molecule has 17 heavy (non-hydrogen) atoms. The highest BCUT2D eigenvalue weighted by atomic mass is 32.2. The highest BCUT2D eigenvalue weighted by Crippen LogP contribution is 2.18. The van der Waals surface area contributed by atoms with Crippen LogP contribution in [0.4, 0.5) is 5.69 Å². The molecule has 1 aromatic rings. The molecule has 0 bridgehead atoms. The zero-order valence-electron chi connectivity index (χ0n) is 10.0. The summed E-state index contributed by atoms with van der Waals surface area (Å²) in [7, 11) is 0. The minimum atomic E-state index is -0.0466. The maximum atomic E-state index is 12.0. The number of hydrogen-bond acceptors (Lipinski definition) is 3. The Morgan fingerprint density at radius 1 is 1.53 bits per heavy atom. The van der Waals surface area contributed by atoms with Crippen molar-refractivity contribution in [1.29, 1.82) is 0 Å². The second kappa shape index (κ2) is 6.07. The van der Waals surface area contributed by atoms with Gasteiger partial charge in [-0.2, -0.15) is 0 Å². The standard InChI is InChI=1S/C13H18N2OS/c1-2-5-10-6-3-4-7-11(10)15-13(16)12-8-17-9-14-12/h3-4,6-7,12,14H,2,5,8-9H2,1H3,(H,15,16). The zero-order valence-corrected chi connectivity index (χ0v) is 10.8. The van der Waals surface area contributed by atoms with Crippen molar-refractivity contribution >= 4 is 23.4 Å². The average molecular weight is 250 g/mol. The van der Waals surface area contributed by atoms with Crippen LogP contribution in [-0.2, 0) is 11.2 Å². The van der Waals surface area contributed by atoms with Crippen LogP contribution in [-0.4, -0.2) is 23.6 Å². The number of para-hydroxylation sites is 1. The molecule has 0 radical (unpaired) electrons. The van der Waals surface area contributed by atoms with Crippen LogP contribution >= 0.6 is 11.8 Å². The first-order chi connectivity index (χ1) is 8.31. The van der Waals surface area contributed by atoms with Crippen LogP contribution in [0.2, 0.25) is 0 Å². The fraction of sp³-hybridized carbons (Fsp3) is 0.462. The van der Waals surface area contributed by atoms with Crippen LogP contribution in [0.25, 0.3) is 0 Å². The van der Waals surface area contributed by atoms with E-state index in [0.717, 1.165) is 30.2 Å². The molecule has 0 saturated carbocycles. The van der Waals surface area contributed by atoms with Crippen molar-refractivity contribution in [3.8, 4) is 0 Å². The van der Waals surface area contributed by atoms with Gasteiger partial charge in [0.15, 0.2) is 0 Å². The van der Waals surface area contributed by atoms with Gasteiger partial charge in [-0.15, -0.1) is 11.8 Å². The molecule has 3 nitrogen and oxygen atoms in total. The summed E-state index contributed by atoms with van der Waals surface area (Å²) in [6.45, 7) is 2.15. The van der Waals surface area contributed by atoms with Gasteiger partial charge in [-0.05, 0) is 18.1 Å². The monoisotopic (exact) mass is 250 g/mol. The number of amides is 1. The van der Waals surface area contributed by atoms with Crippen LogP contribution in [0.15, 0.2) is 24.3 Å². The fourth-order valence-electron chi connectivity index (χ4n) is 1.91. The number of carbonyl (C=O) groups is 1. The highest BCUT2D eigenvalue weighted by Gasteiger charge is 2.22. The Kier molecular flexibility index (Phi) is 4.45. The first-order valence-corrected chi connectivity index (χ1v) is 7.16. The minimum Gasteiger partial charge on any atom is -0.324 e. The largest absolute Gasteiger partial charge is 0.324 e. The molecule has 1 saturated heterocycles. The quantitative estimate of drug-likeness (QED) is 0.861. The summed E-state index contributed by atoms with van der Waals surface area (Å²) in [6.07, 6.45) is 2.09. The first kappa shape index (κ1) is 12.5. The summed E-state index contributed by atoms with van der Waals surface area (Å²) in [4.78, 5) is 12.0. The lowest BCUT2D eigenvalue weighted by Gasteiger charge is -2.13. The van der Waals surface area contributed by atoms with Gasteiger partial charge in [-0.1, -0.05) is 31.5 Å². The summed E-state index contributed by atoms with van der Waals surface area (Å²) >= 11 is 1.76. The molecular weight excluding hydrogens is 232 g/mol. The van der Waals surface area contributed by atoms with Crippen molar-refractivity contribution < 1.29 is 4.79 Å². The van der Waals surface area contributed by atoms with Crippen molar-refractivity contribution in [2.24, 2.45) is 0 Å². The lowest BCUT2D eigenvalue weighted by molar-refractivity contribution is -0.117. The molecule has 0 aromatic heterocycles. The summed E-state index contributed by atoms with van der Waals surface area (Å²) in [5.74, 6) is 1.81. The van der Waals surface area contributed by atoms with Gasteiger partial charge in [0.1, 0.15) is 0 Å². The molecule has 4 heteroatoms. The molecule has 2 N–H and O–H groups in total. The molecule has 1 amide bonds. The fourth-order valence-corrected chi connectivity index (χ4v) is 2.85. The number of anilines is 1. The smallest absolute Gasteiger partial charge is 0.242 e. The van der Waals surface area contributed by atoms with Crippen molar-refractivity contribution in [2.75, 3.05) is 16.9 Å². The summed E-state index contributed by atoms with van der Waals surface area (Å²) < 4.78 is 0. The Bertz CT molecular complexity index is 389. The van der Waals surface area contributed by atoms with Crippen LogP contribution in [0, 0.1) is 0 Å². The van der Waals surface area contributed by atoms with Crippen molar-refractivity contribution in [2.45, 2.75) is 25.8 Å². The van der Waals surface area contributed by atoms with E-state index in [4.69, 9.17) is 0 Å². The molecule has 1 aliphatic rings. The van der Waals surface area contributed by atoms with E-state index in [1.165, 1.54) is 5.56 Å². The molecule has 0 spiro atoms. The number of carbonyl (C=O) groups excluding carboxylic acids is 1. The number of benzene rings is 1. The topological polar surface area (TPSA) is 41.1 Å². The molecule has 1 heterocycles. The lowest BCUT2D eigenvalue weighted by atomic mass is 10.1. The van der Waals surface area contributed by atoms with E-state index in [0.29, 0.717) is 0 Å². The number of rotatable bonds is 4. The van der Waals surface area contributed by atoms with Crippen LogP contribution in [0.5, 0.6) is 0 Å². The van der Waals surface area contributed by atoms with Gasteiger partial charge >= 0.3 is 0 Å². The average Bonchev–Trinajstić information content (AvgIpc) is 2.85. The maximum Gasteiger partial charge on any atom is 0.242 e. The van der Waals surface area contributed by atoms with E-state index in [9.17, 15) is 4.79 Å². The van der Waals surface area contributed by atoms with Gasteiger partial charge in [0.25, 0.3) is 0 Å². The van der Waals surface area contributed by atoms with Gasteiger partial charge < -0.3 is 5.32 Å². The molecule has 1 atom stereocenters. The molecule has 1 aliphatic heterocycles. The van der Waals surface area contributed by atoms with E-state index in [2.05, 4.69) is 23.6 Å². The lowest BCUT2D eigenvalue weighted by Crippen LogP contribution is -2.37. The minimum absolute atomic E-state index is 0.0466. The van der Waals surface area contributed by atoms with Crippen LogP contribution in [0.3, 0.4) is 0 Å². The third-order valence-electron chi connectivity index (χ3n) is 2.83. The molecule has 1 fully saturated rings. The van der Waals surface area contributed by atoms with E-state index < -0.39 is 0 Å². The van der Waals surface area contributed by atoms with Crippen LogP contribution in [0.1, 0.15) is 18.9 Å². The molecular formula is C13H18N2OS. The van der Waals surface area contributed by atoms with Gasteiger partial charge in [0.2, 0.25) is 5.91 Å². The SMILES string of the molecule is CCCc1ccccc1NC(=O)C1CSCN1. The second-order valence-electron chi connectivity index (χ2n) is 4.17. The van der Waals surface area contributed by atoms with Gasteiger partial charge in [-0.25, -0.2) is 0 Å². The molecule has 92 valence electrons. The highest BCUT2D eigenvalue weighted by molar-refractivity contribution is 7.99. The Hall–Kier alpha value is -1.000. The third kappa shape index (κ3) is 3.23. The Labute approximate surface area is 106 Å². The van der Waals surface area contributed by atoms with Crippen molar-refractivity contribution in [3.63, 3.8) is 0 Å². The normalized spacial score (nSPS) is 19.2. The predicted molar refractivity (Wildman–Crippen MR) is 73.3 cm³/mol. The van der Waals surface area contributed by atoms with Crippen molar-refractivity contribution in [3.05, 3.63) is 29.8 Å². The first-order valence-electron chi connectivity index (χ1n) is 6.01. The molecule has 0 aliphatic carbocycles. The van der Waals surface area contributed by atoms with Crippen molar-refractivity contribution in [1.82, 2.24) is 5.32 Å². The van der Waals surface area contributed by atoms with E-state index in [1.807, 2.05) is 18.2 Å². The van der Waals surface area contributed by atoms with Gasteiger partial charge in [0, 0.05) is 17.3 Å². The number of aryl methyl sites for hydroxylation is 1. The summed E-state index contributed by atoms with van der Waals surface area (Å²) in [6, 6.07) is 7.99. The van der Waals surface area contributed by atoms with Gasteiger partial charge in [-0.3, -0.25) is 10.1 Å². The van der Waals surface area contributed by atoms with E-state index in [1.54, 1.807) is 11.8 Å². The molecule has 2 rings (SSSR count). The van der Waals surface area contributed by atoms with E-state index in [-0.39, 0.29) is 11.9 Å². The summed E-state index contributed by atoms with van der Waals surface area (Å²) in [5, 5.41) is 6.20. The second-order valence-corrected chi connectivity index (χ2v) is 5.20. The van der Waals surface area contributed by atoms with Crippen LogP contribution < -0.4 is 10.6 Å². The third-order valence-corrected chi connectivity index (χ3v) is 3.77. The predicted octanol–water partition coefficient (Wildman–Crippen LogP) is 2.24. The Morgan fingerprint density at radius 2 is 2.35 bits per heavy atom.